The van der Waals surface area contributed by atoms with E-state index in [1.807, 2.05) is 28.5 Å². The molecule has 1 aliphatic carbocycles. The van der Waals surface area contributed by atoms with Crippen molar-refractivity contribution in [2.24, 2.45) is 0 Å². The Kier molecular flexibility index (Phi) is 6.39. The SMILES string of the molecule is O=C(Nc1sc2c(c1C(=O)N1CC[NH+](Cc3ccccc3)CC1)CCCC2)c1cccs1. The molecule has 1 saturated heterocycles. The zero-order valence-electron chi connectivity index (χ0n) is 18.1. The van der Waals surface area contributed by atoms with Crippen LogP contribution in [0.2, 0.25) is 0 Å². The van der Waals surface area contributed by atoms with E-state index in [9.17, 15) is 9.59 Å². The van der Waals surface area contributed by atoms with Gasteiger partial charge in [0.2, 0.25) is 0 Å². The van der Waals surface area contributed by atoms with E-state index >= 15 is 0 Å². The van der Waals surface area contributed by atoms with Crippen molar-refractivity contribution in [2.75, 3.05) is 31.5 Å². The predicted molar refractivity (Wildman–Crippen MR) is 130 cm³/mol. The number of carbonyl (C=O) groups excluding carboxylic acids is 2. The van der Waals surface area contributed by atoms with E-state index in [1.165, 1.54) is 32.2 Å². The lowest BCUT2D eigenvalue weighted by Gasteiger charge is -2.32. The predicted octanol–water partition coefficient (Wildman–Crippen LogP) is 3.48. The fourth-order valence-corrected chi connectivity index (χ4v) is 6.59. The van der Waals surface area contributed by atoms with E-state index in [0.717, 1.165) is 69.0 Å². The smallest absolute Gasteiger partial charge is 0.266 e. The largest absolute Gasteiger partial charge is 0.328 e. The van der Waals surface area contributed by atoms with Crippen LogP contribution < -0.4 is 10.2 Å². The average Bonchev–Trinajstić information content (AvgIpc) is 3.48. The fourth-order valence-electron chi connectivity index (χ4n) is 4.70. The molecule has 2 amide bonds. The standard InChI is InChI=1S/C25H27N3O2S2/c29-23(21-11-6-16-31-21)26-24-22(19-9-4-5-10-20(19)32-24)25(30)28-14-12-27(13-15-28)17-18-7-2-1-3-8-18/h1-3,6-8,11,16H,4-5,9-10,12-15,17H2,(H,26,29)/p+1. The summed E-state index contributed by atoms with van der Waals surface area (Å²) in [6.45, 7) is 4.40. The van der Waals surface area contributed by atoms with Crippen LogP contribution >= 0.6 is 22.7 Å². The van der Waals surface area contributed by atoms with Crippen molar-refractivity contribution in [3.05, 3.63) is 74.3 Å². The number of benzene rings is 1. The maximum absolute atomic E-state index is 13.7. The minimum atomic E-state index is -0.121. The molecule has 32 heavy (non-hydrogen) atoms. The second-order valence-electron chi connectivity index (χ2n) is 8.55. The van der Waals surface area contributed by atoms with Gasteiger partial charge in [-0.3, -0.25) is 9.59 Å². The third-order valence-electron chi connectivity index (χ3n) is 6.41. The van der Waals surface area contributed by atoms with Gasteiger partial charge < -0.3 is 15.1 Å². The number of piperazine rings is 1. The Morgan fingerprint density at radius 1 is 1.00 bits per heavy atom. The number of nitrogens with one attached hydrogen (secondary N) is 2. The summed E-state index contributed by atoms with van der Waals surface area (Å²) in [7, 11) is 0. The molecular formula is C25H28N3O2S2+. The first-order valence-electron chi connectivity index (χ1n) is 11.3. The number of hydrogen-bond acceptors (Lipinski definition) is 4. The van der Waals surface area contributed by atoms with E-state index in [2.05, 4.69) is 29.6 Å². The minimum Gasteiger partial charge on any atom is -0.328 e. The lowest BCUT2D eigenvalue weighted by molar-refractivity contribution is -0.917. The fraction of sp³-hybridized carbons (Fsp3) is 0.360. The Balaban J connectivity index is 1.32. The summed E-state index contributed by atoms with van der Waals surface area (Å²) in [5.41, 5.74) is 3.26. The molecule has 1 aromatic carbocycles. The molecule has 2 aromatic heterocycles. The Morgan fingerprint density at radius 3 is 2.53 bits per heavy atom. The molecule has 3 aromatic rings. The number of carbonyl (C=O) groups is 2. The van der Waals surface area contributed by atoms with Gasteiger partial charge in [0.05, 0.1) is 36.6 Å². The van der Waals surface area contributed by atoms with Gasteiger partial charge in [-0.1, -0.05) is 36.4 Å². The number of anilines is 1. The van der Waals surface area contributed by atoms with Crippen molar-refractivity contribution < 1.29 is 14.5 Å². The first kappa shape index (κ1) is 21.4. The summed E-state index contributed by atoms with van der Waals surface area (Å²) >= 11 is 3.02. The van der Waals surface area contributed by atoms with Crippen LogP contribution in [0.1, 0.15) is 48.9 Å². The van der Waals surface area contributed by atoms with E-state index in [1.54, 1.807) is 11.3 Å². The van der Waals surface area contributed by atoms with Crippen LogP contribution in [0.15, 0.2) is 47.8 Å². The number of amides is 2. The summed E-state index contributed by atoms with van der Waals surface area (Å²) in [4.78, 5) is 31.8. The molecule has 2 aliphatic rings. The molecule has 0 atom stereocenters. The zero-order chi connectivity index (χ0) is 21.9. The van der Waals surface area contributed by atoms with E-state index < -0.39 is 0 Å². The molecule has 0 bridgehead atoms. The highest BCUT2D eigenvalue weighted by atomic mass is 32.1. The Labute approximate surface area is 196 Å². The molecule has 0 saturated carbocycles. The Morgan fingerprint density at radius 2 is 1.78 bits per heavy atom. The molecule has 5 rings (SSSR count). The third kappa shape index (κ3) is 4.51. The molecule has 0 unspecified atom stereocenters. The Hall–Kier alpha value is -2.48. The molecule has 1 aliphatic heterocycles. The molecule has 1 fully saturated rings. The van der Waals surface area contributed by atoms with Crippen LogP contribution in [0.3, 0.4) is 0 Å². The van der Waals surface area contributed by atoms with Crippen molar-refractivity contribution in [1.82, 2.24) is 4.90 Å². The molecule has 3 heterocycles. The monoisotopic (exact) mass is 466 g/mol. The molecule has 166 valence electrons. The third-order valence-corrected chi connectivity index (χ3v) is 8.49. The van der Waals surface area contributed by atoms with E-state index in [-0.39, 0.29) is 11.8 Å². The number of quaternary nitrogens is 1. The summed E-state index contributed by atoms with van der Waals surface area (Å²) < 4.78 is 0. The summed E-state index contributed by atoms with van der Waals surface area (Å²) in [5, 5.41) is 5.70. The highest BCUT2D eigenvalue weighted by Gasteiger charge is 2.32. The van der Waals surface area contributed by atoms with Gasteiger partial charge in [0.25, 0.3) is 11.8 Å². The summed E-state index contributed by atoms with van der Waals surface area (Å²) in [6, 6.07) is 14.3. The topological polar surface area (TPSA) is 53.9 Å². The van der Waals surface area contributed by atoms with Crippen LogP contribution in [0.5, 0.6) is 0 Å². The summed E-state index contributed by atoms with van der Waals surface area (Å²) in [5.74, 6) is -0.0330. The van der Waals surface area contributed by atoms with Crippen LogP contribution in [-0.2, 0) is 19.4 Å². The lowest BCUT2D eigenvalue weighted by Crippen LogP contribution is -3.13. The zero-order valence-corrected chi connectivity index (χ0v) is 19.7. The molecular weight excluding hydrogens is 438 g/mol. The van der Waals surface area contributed by atoms with Gasteiger partial charge in [-0.15, -0.1) is 22.7 Å². The van der Waals surface area contributed by atoms with Crippen molar-refractivity contribution in [3.8, 4) is 0 Å². The van der Waals surface area contributed by atoms with Gasteiger partial charge in [0.15, 0.2) is 0 Å². The summed E-state index contributed by atoms with van der Waals surface area (Å²) in [6.07, 6.45) is 4.20. The average molecular weight is 467 g/mol. The highest BCUT2D eigenvalue weighted by molar-refractivity contribution is 7.17. The second kappa shape index (κ2) is 9.57. The van der Waals surface area contributed by atoms with E-state index in [4.69, 9.17) is 0 Å². The number of aryl methyl sites for hydroxylation is 1. The maximum atomic E-state index is 13.7. The van der Waals surface area contributed by atoms with Gasteiger partial charge in [-0.05, 0) is 42.7 Å². The van der Waals surface area contributed by atoms with Crippen LogP contribution in [0.4, 0.5) is 5.00 Å². The lowest BCUT2D eigenvalue weighted by atomic mass is 9.95. The van der Waals surface area contributed by atoms with Gasteiger partial charge >= 0.3 is 0 Å². The number of fused-ring (bicyclic) bond motifs is 1. The van der Waals surface area contributed by atoms with Crippen molar-refractivity contribution in [3.63, 3.8) is 0 Å². The number of thiophene rings is 2. The molecule has 7 heteroatoms. The number of hydrogen-bond donors (Lipinski definition) is 2. The van der Waals surface area contributed by atoms with E-state index in [0.29, 0.717) is 4.88 Å². The van der Waals surface area contributed by atoms with Crippen molar-refractivity contribution >= 4 is 39.5 Å². The molecule has 0 spiro atoms. The van der Waals surface area contributed by atoms with Crippen molar-refractivity contribution in [2.45, 2.75) is 32.2 Å². The number of nitrogens with zero attached hydrogens (tertiary/aromatic N) is 1. The quantitative estimate of drug-likeness (QED) is 0.605. The van der Waals surface area contributed by atoms with Crippen LogP contribution in [0, 0.1) is 0 Å². The number of rotatable bonds is 5. The molecule has 2 N–H and O–H groups in total. The molecule has 5 nitrogen and oxygen atoms in total. The van der Waals surface area contributed by atoms with Gasteiger partial charge in [-0.25, -0.2) is 0 Å². The van der Waals surface area contributed by atoms with Crippen molar-refractivity contribution in [1.29, 1.82) is 0 Å². The van der Waals surface area contributed by atoms with Gasteiger partial charge in [0.1, 0.15) is 11.5 Å². The maximum Gasteiger partial charge on any atom is 0.266 e. The minimum absolute atomic E-state index is 0.0876. The second-order valence-corrected chi connectivity index (χ2v) is 10.6. The normalized spacial score (nSPS) is 16.6. The first-order valence-corrected chi connectivity index (χ1v) is 13.0. The van der Waals surface area contributed by atoms with Gasteiger partial charge in [-0.2, -0.15) is 0 Å². The van der Waals surface area contributed by atoms with Gasteiger partial charge in [0, 0.05) is 10.4 Å². The first-order chi connectivity index (χ1) is 15.7. The van der Waals surface area contributed by atoms with Crippen LogP contribution in [-0.4, -0.2) is 42.9 Å². The van der Waals surface area contributed by atoms with Crippen LogP contribution in [0.25, 0.3) is 0 Å². The molecule has 0 radical (unpaired) electrons. The highest BCUT2D eigenvalue weighted by Crippen LogP contribution is 2.39. The Bertz CT molecular complexity index is 1080.